The summed E-state index contributed by atoms with van der Waals surface area (Å²) >= 11 is 8.36. The molecule has 0 saturated carbocycles. The second-order valence-corrected chi connectivity index (χ2v) is 7.48. The highest BCUT2D eigenvalue weighted by Crippen LogP contribution is 2.47. The van der Waals surface area contributed by atoms with Crippen molar-refractivity contribution in [2.75, 3.05) is 0 Å². The van der Waals surface area contributed by atoms with E-state index in [1.54, 1.807) is 12.1 Å². The third-order valence-electron chi connectivity index (χ3n) is 1.25. The lowest BCUT2D eigenvalue weighted by Gasteiger charge is -2.10. The number of hydrogen-bond donors (Lipinski definition) is 2. The molecule has 0 aliphatic heterocycles. The van der Waals surface area contributed by atoms with Crippen molar-refractivity contribution in [3.8, 4) is 5.75 Å². The van der Waals surface area contributed by atoms with Gasteiger partial charge in [-0.2, -0.15) is 0 Å². The van der Waals surface area contributed by atoms with E-state index in [4.69, 9.17) is 9.42 Å². The van der Waals surface area contributed by atoms with Gasteiger partial charge in [-0.3, -0.25) is 0 Å². The molecule has 0 aliphatic carbocycles. The Kier molecular flexibility index (Phi) is 3.18. The highest BCUT2D eigenvalue weighted by molar-refractivity contribution is 8.59. The van der Waals surface area contributed by atoms with Gasteiger partial charge in [-0.15, -0.1) is 0 Å². The van der Waals surface area contributed by atoms with Crippen LogP contribution in [0, 0.1) is 6.92 Å². The first-order valence-electron chi connectivity index (χ1n) is 3.29. The summed E-state index contributed by atoms with van der Waals surface area (Å²) < 4.78 is 5.00. The molecule has 0 aromatic heterocycles. The van der Waals surface area contributed by atoms with Crippen molar-refractivity contribution < 1.29 is 9.42 Å². The van der Waals surface area contributed by atoms with E-state index in [1.807, 2.05) is 19.1 Å². The van der Waals surface area contributed by atoms with E-state index in [0.29, 0.717) is 5.75 Å². The fourth-order valence-corrected chi connectivity index (χ4v) is 1.67. The first-order chi connectivity index (χ1) is 5.47. The summed E-state index contributed by atoms with van der Waals surface area (Å²) in [5.74, 6) is 0.557. The largest absolute Gasteiger partial charge is 0.436 e. The SMILES string of the molecule is Cc1ccc(OP(O)(=S)S)cc1. The lowest BCUT2D eigenvalue weighted by atomic mass is 10.2. The van der Waals surface area contributed by atoms with Crippen molar-refractivity contribution in [1.82, 2.24) is 0 Å². The van der Waals surface area contributed by atoms with Gasteiger partial charge in [0.15, 0.2) is 0 Å². The summed E-state index contributed by atoms with van der Waals surface area (Å²) in [6.45, 7) is 1.97. The molecule has 1 aromatic carbocycles. The molecular formula is C7H9O2PS2. The fraction of sp³-hybridized carbons (Fsp3) is 0.143. The summed E-state index contributed by atoms with van der Waals surface area (Å²) in [5.41, 5.74) is -1.74. The number of aryl methyl sites for hydroxylation is 1. The maximum absolute atomic E-state index is 9.11. The van der Waals surface area contributed by atoms with Crippen LogP contribution in [-0.2, 0) is 11.8 Å². The minimum absolute atomic E-state index is 0.557. The Bertz CT molecular complexity index is 304. The smallest absolute Gasteiger partial charge is 0.291 e. The van der Waals surface area contributed by atoms with E-state index in [2.05, 4.69) is 24.1 Å². The maximum Gasteiger partial charge on any atom is 0.291 e. The molecule has 1 N–H and O–H groups in total. The molecule has 0 amide bonds. The second-order valence-electron chi connectivity index (χ2n) is 2.39. The Labute approximate surface area is 81.9 Å². The van der Waals surface area contributed by atoms with Gasteiger partial charge in [0.05, 0.1) is 0 Å². The van der Waals surface area contributed by atoms with Crippen LogP contribution in [0.5, 0.6) is 5.75 Å². The molecule has 1 aromatic rings. The molecule has 5 heteroatoms. The molecule has 2 nitrogen and oxygen atoms in total. The Morgan fingerprint density at radius 2 is 1.92 bits per heavy atom. The Morgan fingerprint density at radius 3 is 2.33 bits per heavy atom. The summed E-state index contributed by atoms with van der Waals surface area (Å²) in [4.78, 5) is 9.11. The van der Waals surface area contributed by atoms with Crippen LogP contribution in [0.15, 0.2) is 24.3 Å². The van der Waals surface area contributed by atoms with Crippen LogP contribution in [0.1, 0.15) is 5.56 Å². The van der Waals surface area contributed by atoms with Crippen molar-refractivity contribution in [3.63, 3.8) is 0 Å². The van der Waals surface area contributed by atoms with E-state index in [1.165, 1.54) is 0 Å². The minimum atomic E-state index is -2.87. The third-order valence-corrected chi connectivity index (χ3v) is 2.16. The normalized spacial score (nSPS) is 15.2. The number of benzene rings is 1. The van der Waals surface area contributed by atoms with Crippen LogP contribution in [0.3, 0.4) is 0 Å². The second kappa shape index (κ2) is 3.79. The van der Waals surface area contributed by atoms with Crippen LogP contribution < -0.4 is 4.52 Å². The molecule has 12 heavy (non-hydrogen) atoms. The fourth-order valence-electron chi connectivity index (χ4n) is 0.736. The molecule has 0 fully saturated rings. The molecule has 0 spiro atoms. The first kappa shape index (κ1) is 10.1. The Morgan fingerprint density at radius 1 is 1.42 bits per heavy atom. The van der Waals surface area contributed by atoms with Crippen LogP contribution in [-0.4, -0.2) is 4.89 Å². The molecular weight excluding hydrogens is 211 g/mol. The van der Waals surface area contributed by atoms with Gasteiger partial charge in [0.2, 0.25) is 0 Å². The lowest BCUT2D eigenvalue weighted by molar-refractivity contribution is 0.505. The van der Waals surface area contributed by atoms with E-state index in [-0.39, 0.29) is 0 Å². The van der Waals surface area contributed by atoms with E-state index < -0.39 is 5.69 Å². The maximum atomic E-state index is 9.11. The highest BCUT2D eigenvalue weighted by Gasteiger charge is 2.06. The quantitative estimate of drug-likeness (QED) is 0.593. The van der Waals surface area contributed by atoms with Crippen LogP contribution in [0.4, 0.5) is 0 Å². The van der Waals surface area contributed by atoms with Gasteiger partial charge < -0.3 is 9.42 Å². The van der Waals surface area contributed by atoms with Crippen LogP contribution >= 0.6 is 17.9 Å². The van der Waals surface area contributed by atoms with Crippen molar-refractivity contribution >= 4 is 29.7 Å². The topological polar surface area (TPSA) is 29.5 Å². The summed E-state index contributed by atoms with van der Waals surface area (Å²) in [5, 5.41) is 0. The first-order valence-corrected chi connectivity index (χ1v) is 7.12. The zero-order chi connectivity index (χ0) is 9.19. The average Bonchev–Trinajstić information content (AvgIpc) is 1.91. The van der Waals surface area contributed by atoms with Crippen molar-refractivity contribution in [1.29, 1.82) is 0 Å². The molecule has 0 saturated heterocycles. The van der Waals surface area contributed by atoms with Crippen molar-refractivity contribution in [2.24, 2.45) is 0 Å². The van der Waals surface area contributed by atoms with Crippen LogP contribution in [0.25, 0.3) is 0 Å². The number of thiol groups is 1. The monoisotopic (exact) mass is 220 g/mol. The zero-order valence-electron chi connectivity index (χ0n) is 6.47. The Hall–Kier alpha value is -0.0200. The van der Waals surface area contributed by atoms with E-state index in [9.17, 15) is 0 Å². The summed E-state index contributed by atoms with van der Waals surface area (Å²) in [6.07, 6.45) is 0. The van der Waals surface area contributed by atoms with Crippen molar-refractivity contribution in [2.45, 2.75) is 6.92 Å². The number of hydrogen-bond acceptors (Lipinski definition) is 2. The highest BCUT2D eigenvalue weighted by atomic mass is 32.9. The molecule has 0 radical (unpaired) electrons. The molecule has 0 heterocycles. The summed E-state index contributed by atoms with van der Waals surface area (Å²) in [6, 6.07) is 7.27. The standard InChI is InChI=1S/C7H9O2PS2/c1-6-2-4-7(5-3-6)9-10(8,11)12/h2-5H,1H3,(H2,8,11,12). The van der Waals surface area contributed by atoms with Gasteiger partial charge in [0.1, 0.15) is 5.75 Å². The van der Waals surface area contributed by atoms with Gasteiger partial charge in [-0.05, 0) is 30.9 Å². The average molecular weight is 220 g/mol. The lowest BCUT2D eigenvalue weighted by Crippen LogP contribution is -1.84. The molecule has 1 rings (SSSR count). The van der Waals surface area contributed by atoms with Gasteiger partial charge in [-0.25, -0.2) is 0 Å². The Balaban J connectivity index is 2.78. The molecule has 0 aliphatic rings. The van der Waals surface area contributed by atoms with Gasteiger partial charge in [0, 0.05) is 0 Å². The summed E-state index contributed by atoms with van der Waals surface area (Å²) in [7, 11) is 0. The zero-order valence-corrected chi connectivity index (χ0v) is 9.07. The van der Waals surface area contributed by atoms with Gasteiger partial charge in [-0.1, -0.05) is 29.9 Å². The number of rotatable bonds is 2. The van der Waals surface area contributed by atoms with Gasteiger partial charge in [0.25, 0.3) is 5.69 Å². The minimum Gasteiger partial charge on any atom is -0.436 e. The van der Waals surface area contributed by atoms with E-state index >= 15 is 0 Å². The molecule has 0 bridgehead atoms. The molecule has 1 unspecified atom stereocenters. The van der Waals surface area contributed by atoms with Crippen LogP contribution in [0.2, 0.25) is 0 Å². The van der Waals surface area contributed by atoms with Crippen molar-refractivity contribution in [3.05, 3.63) is 29.8 Å². The predicted octanol–water partition coefficient (Wildman–Crippen LogP) is 2.52. The van der Waals surface area contributed by atoms with Gasteiger partial charge >= 0.3 is 0 Å². The molecule has 66 valence electrons. The molecule has 1 atom stereocenters. The van der Waals surface area contributed by atoms with E-state index in [0.717, 1.165) is 5.56 Å². The third kappa shape index (κ3) is 3.59. The predicted molar refractivity (Wildman–Crippen MR) is 57.3 cm³/mol.